The van der Waals surface area contributed by atoms with E-state index in [1.54, 1.807) is 7.05 Å². The van der Waals surface area contributed by atoms with Crippen molar-refractivity contribution >= 4 is 5.82 Å². The van der Waals surface area contributed by atoms with Gasteiger partial charge in [-0.1, -0.05) is 10.3 Å². The summed E-state index contributed by atoms with van der Waals surface area (Å²) in [4.78, 5) is 0. The molecule has 8 heavy (non-hydrogen) atoms. The van der Waals surface area contributed by atoms with Gasteiger partial charge >= 0.3 is 0 Å². The highest BCUT2D eigenvalue weighted by atomic mass is 16.3. The summed E-state index contributed by atoms with van der Waals surface area (Å²) >= 11 is 0. The van der Waals surface area contributed by atoms with E-state index in [-0.39, 0.29) is 11.7 Å². The number of aryl methyl sites for hydroxylation is 1. The summed E-state index contributed by atoms with van der Waals surface area (Å²) in [6.45, 7) is 0. The monoisotopic (exact) mass is 114 g/mol. The molecule has 0 radical (unpaired) electrons. The number of nitrogen functional groups attached to an aromatic ring is 1. The minimum Gasteiger partial charge on any atom is -0.490 e. The highest BCUT2D eigenvalue weighted by Crippen LogP contribution is 2.10. The summed E-state index contributed by atoms with van der Waals surface area (Å²) in [6.07, 6.45) is 0. The van der Waals surface area contributed by atoms with Crippen LogP contribution in [0.4, 0.5) is 5.82 Å². The normalized spacial score (nSPS) is 9.62. The van der Waals surface area contributed by atoms with Crippen molar-refractivity contribution in [3.63, 3.8) is 0 Å². The summed E-state index contributed by atoms with van der Waals surface area (Å²) in [5.74, 6) is -0.0301. The van der Waals surface area contributed by atoms with Gasteiger partial charge in [0.25, 0.3) is 5.88 Å². The van der Waals surface area contributed by atoms with E-state index >= 15 is 0 Å². The smallest absolute Gasteiger partial charge is 0.275 e. The van der Waals surface area contributed by atoms with Gasteiger partial charge in [0, 0.05) is 7.05 Å². The lowest BCUT2D eigenvalue weighted by Crippen LogP contribution is -1.96. The predicted molar refractivity (Wildman–Crippen MR) is 27.1 cm³/mol. The van der Waals surface area contributed by atoms with E-state index in [4.69, 9.17) is 10.8 Å². The van der Waals surface area contributed by atoms with Crippen molar-refractivity contribution in [3.8, 4) is 5.88 Å². The molecule has 0 amide bonds. The third-order valence-corrected chi connectivity index (χ3v) is 0.851. The van der Waals surface area contributed by atoms with E-state index in [1.807, 2.05) is 0 Å². The lowest BCUT2D eigenvalue weighted by molar-refractivity contribution is 0.454. The second kappa shape index (κ2) is 1.36. The molecule has 0 atom stereocenters. The van der Waals surface area contributed by atoms with Gasteiger partial charge in [-0.3, -0.25) is 0 Å². The molecule has 1 heterocycles. The number of hydrogen-bond donors (Lipinski definition) is 2. The Morgan fingerprint density at radius 3 is 2.50 bits per heavy atom. The van der Waals surface area contributed by atoms with Gasteiger partial charge in [-0.15, -0.1) is 0 Å². The average molecular weight is 114 g/mol. The first kappa shape index (κ1) is 4.89. The first-order valence-electron chi connectivity index (χ1n) is 2.06. The lowest BCUT2D eigenvalue weighted by atomic mass is 10.7. The minimum atomic E-state index is -0.215. The highest BCUT2D eigenvalue weighted by molar-refractivity contribution is 5.37. The molecule has 0 unspecified atom stereocenters. The van der Waals surface area contributed by atoms with Gasteiger partial charge in [-0.05, 0) is 0 Å². The van der Waals surface area contributed by atoms with Crippen LogP contribution in [-0.2, 0) is 7.05 Å². The Morgan fingerprint density at radius 2 is 2.38 bits per heavy atom. The van der Waals surface area contributed by atoms with Crippen LogP contribution in [0, 0.1) is 0 Å². The number of aromatic hydroxyl groups is 1. The maximum absolute atomic E-state index is 8.62. The van der Waals surface area contributed by atoms with Crippen LogP contribution in [0.5, 0.6) is 5.88 Å². The fourth-order valence-electron chi connectivity index (χ4n) is 0.354. The van der Waals surface area contributed by atoms with E-state index < -0.39 is 0 Å². The Morgan fingerprint density at radius 1 is 1.75 bits per heavy atom. The molecule has 0 fully saturated rings. The number of hydrogen-bond acceptors (Lipinski definition) is 4. The van der Waals surface area contributed by atoms with Crippen molar-refractivity contribution in [3.05, 3.63) is 0 Å². The Labute approximate surface area is 45.7 Å². The van der Waals surface area contributed by atoms with Crippen molar-refractivity contribution in [1.29, 1.82) is 0 Å². The molecule has 0 aliphatic rings. The molecule has 5 nitrogen and oxygen atoms in total. The zero-order valence-electron chi connectivity index (χ0n) is 4.37. The first-order chi connectivity index (χ1) is 3.72. The van der Waals surface area contributed by atoms with E-state index in [9.17, 15) is 0 Å². The fourth-order valence-corrected chi connectivity index (χ4v) is 0.354. The van der Waals surface area contributed by atoms with Crippen molar-refractivity contribution in [1.82, 2.24) is 15.0 Å². The van der Waals surface area contributed by atoms with Crippen molar-refractivity contribution in [2.75, 3.05) is 5.73 Å². The van der Waals surface area contributed by atoms with Crippen molar-refractivity contribution in [2.45, 2.75) is 0 Å². The molecule has 44 valence electrons. The highest BCUT2D eigenvalue weighted by Gasteiger charge is 2.00. The van der Waals surface area contributed by atoms with Gasteiger partial charge in [-0.2, -0.15) is 0 Å². The number of aromatic nitrogens is 3. The molecular formula is C3H6N4O. The van der Waals surface area contributed by atoms with E-state index in [0.717, 1.165) is 0 Å². The van der Waals surface area contributed by atoms with Gasteiger partial charge < -0.3 is 10.8 Å². The van der Waals surface area contributed by atoms with Crippen LogP contribution >= 0.6 is 0 Å². The zero-order chi connectivity index (χ0) is 6.15. The Balaban J connectivity index is 3.19. The second-order valence-electron chi connectivity index (χ2n) is 1.42. The summed E-state index contributed by atoms with van der Waals surface area (Å²) in [6, 6.07) is 0. The molecule has 5 heteroatoms. The van der Waals surface area contributed by atoms with Gasteiger partial charge in [0.05, 0.1) is 0 Å². The lowest BCUT2D eigenvalue weighted by Gasteiger charge is -1.86. The largest absolute Gasteiger partial charge is 0.490 e. The summed E-state index contributed by atoms with van der Waals surface area (Å²) < 4.78 is 1.29. The molecule has 1 rings (SSSR count). The number of rotatable bonds is 0. The Bertz CT molecular complexity index is 174. The average Bonchev–Trinajstić information content (AvgIpc) is 1.98. The number of anilines is 1. The predicted octanol–water partition coefficient (Wildman–Crippen LogP) is -0.897. The number of nitrogens with two attached hydrogens (primary N) is 1. The standard InChI is InChI=1S/C3H6N4O/c1-7-2(4)3(8)5-6-7/h8H,4H2,1H3. The van der Waals surface area contributed by atoms with Crippen LogP contribution in [0.3, 0.4) is 0 Å². The maximum atomic E-state index is 8.62. The maximum Gasteiger partial charge on any atom is 0.275 e. The number of nitrogens with zero attached hydrogens (tertiary/aromatic N) is 3. The van der Waals surface area contributed by atoms with Crippen LogP contribution in [0.25, 0.3) is 0 Å². The molecule has 0 saturated heterocycles. The Hall–Kier alpha value is -1.26. The van der Waals surface area contributed by atoms with Crippen LogP contribution in [0.2, 0.25) is 0 Å². The molecule has 3 N–H and O–H groups in total. The van der Waals surface area contributed by atoms with Crippen molar-refractivity contribution < 1.29 is 5.11 Å². The molecule has 0 aliphatic heterocycles. The second-order valence-corrected chi connectivity index (χ2v) is 1.42. The zero-order valence-corrected chi connectivity index (χ0v) is 4.37. The topological polar surface area (TPSA) is 77.0 Å². The molecule has 1 aromatic heterocycles. The molecule has 0 bridgehead atoms. The summed E-state index contributed by atoms with van der Waals surface area (Å²) in [5, 5.41) is 15.3. The quantitative estimate of drug-likeness (QED) is 0.458. The van der Waals surface area contributed by atoms with Crippen LogP contribution in [-0.4, -0.2) is 20.1 Å². The Kier molecular flexibility index (Phi) is 0.831. The van der Waals surface area contributed by atoms with E-state index in [1.165, 1.54) is 4.68 Å². The molecule has 0 saturated carbocycles. The van der Waals surface area contributed by atoms with Crippen LogP contribution in [0.1, 0.15) is 0 Å². The first-order valence-corrected chi connectivity index (χ1v) is 2.06. The van der Waals surface area contributed by atoms with E-state index in [0.29, 0.717) is 0 Å². The van der Waals surface area contributed by atoms with Gasteiger partial charge in [-0.25, -0.2) is 4.68 Å². The summed E-state index contributed by atoms with van der Waals surface area (Å²) in [5.41, 5.74) is 5.19. The van der Waals surface area contributed by atoms with Crippen LogP contribution in [0.15, 0.2) is 0 Å². The van der Waals surface area contributed by atoms with Crippen LogP contribution < -0.4 is 5.73 Å². The molecule has 0 aromatic carbocycles. The van der Waals surface area contributed by atoms with E-state index in [2.05, 4.69) is 10.3 Å². The molecule has 0 aliphatic carbocycles. The van der Waals surface area contributed by atoms with Crippen molar-refractivity contribution in [2.24, 2.45) is 7.05 Å². The van der Waals surface area contributed by atoms with Gasteiger partial charge in [0.2, 0.25) is 0 Å². The SMILES string of the molecule is Cn1nnc(O)c1N. The third-order valence-electron chi connectivity index (χ3n) is 0.851. The molecule has 1 aromatic rings. The van der Waals surface area contributed by atoms with Gasteiger partial charge in [0.1, 0.15) is 0 Å². The van der Waals surface area contributed by atoms with Gasteiger partial charge in [0.15, 0.2) is 5.82 Å². The third kappa shape index (κ3) is 0.481. The molecule has 0 spiro atoms. The minimum absolute atomic E-state index is 0.185. The molecular weight excluding hydrogens is 108 g/mol. The summed E-state index contributed by atoms with van der Waals surface area (Å²) in [7, 11) is 1.60. The fraction of sp³-hybridized carbons (Fsp3) is 0.333.